The summed E-state index contributed by atoms with van der Waals surface area (Å²) in [4.78, 5) is 4.66. The number of pyridine rings is 1. The summed E-state index contributed by atoms with van der Waals surface area (Å²) >= 11 is 18.3. The van der Waals surface area contributed by atoms with Gasteiger partial charge < -0.3 is 0 Å². The van der Waals surface area contributed by atoms with Crippen LogP contribution in [0.2, 0.25) is 15.1 Å². The first-order chi connectivity index (χ1) is 8.63. The van der Waals surface area contributed by atoms with E-state index in [0.29, 0.717) is 10.0 Å². The lowest BCUT2D eigenvalue weighted by atomic mass is 10.1. The van der Waals surface area contributed by atoms with Crippen molar-refractivity contribution < 1.29 is 0 Å². The van der Waals surface area contributed by atoms with Gasteiger partial charge in [-0.1, -0.05) is 34.8 Å². The van der Waals surface area contributed by atoms with Crippen molar-refractivity contribution in [2.45, 2.75) is 19.3 Å². The van der Waals surface area contributed by atoms with Gasteiger partial charge in [-0.3, -0.25) is 4.98 Å². The third-order valence-corrected chi connectivity index (χ3v) is 3.93. The third kappa shape index (κ3) is 3.00. The Hall–Kier alpha value is -0.470. The Balaban J connectivity index is 0.00000133. The van der Waals surface area contributed by atoms with Crippen molar-refractivity contribution >= 4 is 47.2 Å². The molecule has 0 saturated heterocycles. The third-order valence-electron chi connectivity index (χ3n) is 3.15. The van der Waals surface area contributed by atoms with E-state index in [4.69, 9.17) is 34.8 Å². The van der Waals surface area contributed by atoms with E-state index in [0.717, 1.165) is 41.2 Å². The minimum absolute atomic E-state index is 0. The zero-order chi connectivity index (χ0) is 12.7. The molecule has 5 heteroatoms. The molecule has 0 amide bonds. The molecule has 0 aliphatic heterocycles. The Morgan fingerprint density at radius 1 is 0.895 bits per heavy atom. The summed E-state index contributed by atoms with van der Waals surface area (Å²) in [5.41, 5.74) is 4.04. The Labute approximate surface area is 133 Å². The molecule has 0 fully saturated rings. The van der Waals surface area contributed by atoms with Gasteiger partial charge >= 0.3 is 0 Å². The molecule has 1 aromatic heterocycles. The van der Waals surface area contributed by atoms with Crippen LogP contribution in [-0.2, 0) is 12.8 Å². The average molecular weight is 335 g/mol. The Kier molecular flexibility index (Phi) is 4.62. The lowest BCUT2D eigenvalue weighted by Gasteiger charge is -2.07. The molecule has 1 nitrogen and oxygen atoms in total. The Morgan fingerprint density at radius 2 is 1.58 bits per heavy atom. The van der Waals surface area contributed by atoms with Gasteiger partial charge in [-0.05, 0) is 49.1 Å². The topological polar surface area (TPSA) is 12.9 Å². The quantitative estimate of drug-likeness (QED) is 0.659. The maximum Gasteiger partial charge on any atom is 0.0721 e. The molecule has 100 valence electrons. The van der Waals surface area contributed by atoms with Crippen LogP contribution in [0.1, 0.15) is 17.7 Å². The van der Waals surface area contributed by atoms with Gasteiger partial charge in [-0.25, -0.2) is 0 Å². The number of hydrogen-bond acceptors (Lipinski definition) is 1. The molecule has 19 heavy (non-hydrogen) atoms. The first-order valence-corrected chi connectivity index (χ1v) is 6.91. The largest absolute Gasteiger partial charge is 0.252 e. The molecular formula is C14H11Cl4N. The van der Waals surface area contributed by atoms with E-state index in [-0.39, 0.29) is 12.4 Å². The van der Waals surface area contributed by atoms with Crippen molar-refractivity contribution in [1.29, 1.82) is 0 Å². The molecule has 1 aromatic carbocycles. The number of aromatic nitrogens is 1. The van der Waals surface area contributed by atoms with Crippen molar-refractivity contribution in [2.24, 2.45) is 0 Å². The zero-order valence-corrected chi connectivity index (χ0v) is 13.0. The normalized spacial score (nSPS) is 13.0. The fraction of sp³-hybridized carbons (Fsp3) is 0.214. The minimum Gasteiger partial charge on any atom is -0.252 e. The van der Waals surface area contributed by atoms with Gasteiger partial charge in [-0.15, -0.1) is 12.4 Å². The number of benzene rings is 1. The van der Waals surface area contributed by atoms with Gasteiger partial charge in [0.2, 0.25) is 0 Å². The van der Waals surface area contributed by atoms with Crippen LogP contribution >= 0.6 is 47.2 Å². The van der Waals surface area contributed by atoms with Crippen LogP contribution in [-0.4, -0.2) is 4.98 Å². The SMILES string of the molecule is Cl.Clc1cc(Cl)cc(-c2cc(Cl)c3c(n2)CCC3)c1. The van der Waals surface area contributed by atoms with Crippen LogP contribution in [0.5, 0.6) is 0 Å². The maximum atomic E-state index is 6.30. The first-order valence-electron chi connectivity index (χ1n) is 5.78. The summed E-state index contributed by atoms with van der Waals surface area (Å²) in [6, 6.07) is 7.32. The van der Waals surface area contributed by atoms with Gasteiger partial charge in [0.25, 0.3) is 0 Å². The second-order valence-electron chi connectivity index (χ2n) is 4.43. The number of halogens is 4. The smallest absolute Gasteiger partial charge is 0.0721 e. The number of aryl methyl sites for hydroxylation is 1. The zero-order valence-electron chi connectivity index (χ0n) is 9.92. The monoisotopic (exact) mass is 333 g/mol. The highest BCUT2D eigenvalue weighted by Crippen LogP contribution is 2.33. The van der Waals surface area contributed by atoms with Crippen LogP contribution in [0, 0.1) is 0 Å². The number of fused-ring (bicyclic) bond motifs is 1. The highest BCUT2D eigenvalue weighted by molar-refractivity contribution is 6.35. The average Bonchev–Trinajstić information content (AvgIpc) is 2.76. The summed E-state index contributed by atoms with van der Waals surface area (Å²) in [6.07, 6.45) is 3.15. The summed E-state index contributed by atoms with van der Waals surface area (Å²) < 4.78 is 0. The summed E-state index contributed by atoms with van der Waals surface area (Å²) in [5.74, 6) is 0. The standard InChI is InChI=1S/C14H10Cl3N.ClH/c15-9-4-8(5-10(16)6-9)14-7-12(17)11-2-1-3-13(11)18-14;/h4-7H,1-3H2;1H. The number of hydrogen-bond donors (Lipinski definition) is 0. The van der Waals surface area contributed by atoms with Gasteiger partial charge in [-0.2, -0.15) is 0 Å². The van der Waals surface area contributed by atoms with E-state index in [1.165, 1.54) is 5.56 Å². The van der Waals surface area contributed by atoms with E-state index in [1.807, 2.05) is 18.2 Å². The van der Waals surface area contributed by atoms with E-state index in [2.05, 4.69) is 4.98 Å². The second-order valence-corrected chi connectivity index (χ2v) is 5.71. The minimum atomic E-state index is 0. The second kappa shape index (κ2) is 5.88. The van der Waals surface area contributed by atoms with Crippen LogP contribution in [0.25, 0.3) is 11.3 Å². The Morgan fingerprint density at radius 3 is 2.26 bits per heavy atom. The van der Waals surface area contributed by atoms with Crippen molar-refractivity contribution in [1.82, 2.24) is 4.98 Å². The van der Waals surface area contributed by atoms with Gasteiger partial charge in [0.05, 0.1) is 5.69 Å². The molecule has 1 aliphatic carbocycles. The predicted octanol–water partition coefficient (Wildman–Crippen LogP) is 5.62. The highest BCUT2D eigenvalue weighted by atomic mass is 35.5. The molecule has 1 heterocycles. The van der Waals surface area contributed by atoms with Gasteiger partial charge in [0, 0.05) is 26.3 Å². The predicted molar refractivity (Wildman–Crippen MR) is 84.0 cm³/mol. The Bertz CT molecular complexity index is 605. The fourth-order valence-electron chi connectivity index (χ4n) is 2.34. The molecule has 0 saturated carbocycles. The van der Waals surface area contributed by atoms with Crippen molar-refractivity contribution in [3.8, 4) is 11.3 Å². The molecule has 2 aromatic rings. The van der Waals surface area contributed by atoms with Gasteiger partial charge in [0.15, 0.2) is 0 Å². The van der Waals surface area contributed by atoms with E-state index < -0.39 is 0 Å². The van der Waals surface area contributed by atoms with Crippen LogP contribution < -0.4 is 0 Å². The molecule has 0 radical (unpaired) electrons. The fourth-order valence-corrected chi connectivity index (χ4v) is 3.18. The van der Waals surface area contributed by atoms with Crippen LogP contribution in [0.4, 0.5) is 0 Å². The molecular weight excluding hydrogens is 324 g/mol. The molecule has 0 atom stereocenters. The molecule has 3 rings (SSSR count). The van der Waals surface area contributed by atoms with Crippen molar-refractivity contribution in [2.75, 3.05) is 0 Å². The van der Waals surface area contributed by atoms with E-state index in [1.54, 1.807) is 6.07 Å². The first kappa shape index (κ1) is 14.9. The lowest BCUT2D eigenvalue weighted by molar-refractivity contribution is 0.900. The summed E-state index contributed by atoms with van der Waals surface area (Å²) in [7, 11) is 0. The van der Waals surface area contributed by atoms with E-state index in [9.17, 15) is 0 Å². The summed E-state index contributed by atoms with van der Waals surface area (Å²) in [5, 5.41) is 2.01. The van der Waals surface area contributed by atoms with Gasteiger partial charge in [0.1, 0.15) is 0 Å². The molecule has 0 bridgehead atoms. The van der Waals surface area contributed by atoms with Crippen LogP contribution in [0.3, 0.4) is 0 Å². The van der Waals surface area contributed by atoms with Crippen molar-refractivity contribution in [3.05, 3.63) is 50.6 Å². The molecule has 0 unspecified atom stereocenters. The van der Waals surface area contributed by atoms with Crippen molar-refractivity contribution in [3.63, 3.8) is 0 Å². The maximum absolute atomic E-state index is 6.30. The molecule has 0 spiro atoms. The molecule has 0 N–H and O–H groups in total. The van der Waals surface area contributed by atoms with E-state index >= 15 is 0 Å². The van der Waals surface area contributed by atoms with Crippen LogP contribution in [0.15, 0.2) is 24.3 Å². The molecule has 1 aliphatic rings. The number of rotatable bonds is 1. The summed E-state index contributed by atoms with van der Waals surface area (Å²) in [6.45, 7) is 0. The number of nitrogens with zero attached hydrogens (tertiary/aromatic N) is 1. The highest BCUT2D eigenvalue weighted by Gasteiger charge is 2.17. The lowest BCUT2D eigenvalue weighted by Crippen LogP contribution is -1.93.